The van der Waals surface area contributed by atoms with Gasteiger partial charge in [-0.15, -0.1) is 0 Å². The van der Waals surface area contributed by atoms with Crippen LogP contribution in [0.5, 0.6) is 5.75 Å². The third-order valence-corrected chi connectivity index (χ3v) is 2.01. The van der Waals surface area contributed by atoms with Crippen LogP contribution in [0.15, 0.2) is 27.9 Å². The van der Waals surface area contributed by atoms with E-state index in [1.54, 1.807) is 6.07 Å². The lowest BCUT2D eigenvalue weighted by atomic mass is 10.1. The second-order valence-electron chi connectivity index (χ2n) is 3.08. The van der Waals surface area contributed by atoms with E-state index in [1.165, 1.54) is 12.1 Å². The van der Waals surface area contributed by atoms with Gasteiger partial charge in [0.1, 0.15) is 11.6 Å². The fourth-order valence-corrected chi connectivity index (χ4v) is 1.31. The van der Waals surface area contributed by atoms with Crippen LogP contribution in [-0.2, 0) is 6.42 Å². The summed E-state index contributed by atoms with van der Waals surface area (Å²) in [7, 11) is 0. The molecule has 0 unspecified atom stereocenters. The van der Waals surface area contributed by atoms with Crippen LogP contribution >= 0.6 is 0 Å². The van der Waals surface area contributed by atoms with Gasteiger partial charge in [-0.3, -0.25) is 0 Å². The van der Waals surface area contributed by atoms with Crippen LogP contribution < -0.4 is 5.73 Å². The topological polar surface area (TPSA) is 105 Å². The molecular formula is C9H9N3O3. The number of amidine groups is 1. The molecule has 0 radical (unpaired) electrons. The quantitative estimate of drug-likeness (QED) is 0.292. The van der Waals surface area contributed by atoms with Crippen molar-refractivity contribution < 1.29 is 14.8 Å². The molecule has 2 aromatic rings. The summed E-state index contributed by atoms with van der Waals surface area (Å²) in [5.41, 5.74) is 6.42. The molecule has 4 N–H and O–H groups in total. The normalized spacial score (nSPS) is 12.1. The van der Waals surface area contributed by atoms with E-state index in [4.69, 9.17) is 15.5 Å². The van der Waals surface area contributed by atoms with Crippen LogP contribution in [0.2, 0.25) is 0 Å². The van der Waals surface area contributed by atoms with Crippen LogP contribution in [-0.4, -0.2) is 21.3 Å². The van der Waals surface area contributed by atoms with Crippen molar-refractivity contribution in [3.05, 3.63) is 23.9 Å². The molecular weight excluding hydrogens is 198 g/mol. The third-order valence-electron chi connectivity index (χ3n) is 2.01. The van der Waals surface area contributed by atoms with E-state index >= 15 is 0 Å². The van der Waals surface area contributed by atoms with Crippen LogP contribution in [0.25, 0.3) is 11.0 Å². The van der Waals surface area contributed by atoms with Crippen molar-refractivity contribution in [2.24, 2.45) is 10.9 Å². The molecule has 2 rings (SSSR count). The number of oxime groups is 1. The molecule has 0 fully saturated rings. The van der Waals surface area contributed by atoms with Crippen LogP contribution in [0.4, 0.5) is 0 Å². The number of hydrogen-bond donors (Lipinski definition) is 3. The first kappa shape index (κ1) is 9.32. The molecule has 0 aliphatic rings. The molecule has 0 aliphatic heterocycles. The van der Waals surface area contributed by atoms with E-state index in [9.17, 15) is 5.11 Å². The Morgan fingerprint density at radius 1 is 1.53 bits per heavy atom. The molecule has 0 aliphatic carbocycles. The van der Waals surface area contributed by atoms with Crippen molar-refractivity contribution in [3.63, 3.8) is 0 Å². The standard InChI is InChI=1S/C9H9N3O3/c10-9(11-14)4-7-6-3-5(13)1-2-8(6)15-12-7/h1-3,13-14H,4H2,(H2,10,11). The van der Waals surface area contributed by atoms with Crippen LogP contribution in [0.3, 0.4) is 0 Å². The molecule has 0 saturated heterocycles. The highest BCUT2D eigenvalue weighted by Gasteiger charge is 2.10. The highest BCUT2D eigenvalue weighted by molar-refractivity contribution is 5.88. The molecule has 1 aromatic carbocycles. The van der Waals surface area contributed by atoms with Crippen molar-refractivity contribution in [3.8, 4) is 5.75 Å². The minimum atomic E-state index is 0.0357. The number of phenolic OH excluding ortho intramolecular Hbond substituents is 1. The Morgan fingerprint density at radius 3 is 3.07 bits per heavy atom. The first-order chi connectivity index (χ1) is 7.20. The first-order valence-electron chi connectivity index (χ1n) is 4.24. The van der Waals surface area contributed by atoms with Gasteiger partial charge >= 0.3 is 0 Å². The third kappa shape index (κ3) is 1.69. The molecule has 6 heteroatoms. The fourth-order valence-electron chi connectivity index (χ4n) is 1.31. The molecule has 78 valence electrons. The molecule has 0 atom stereocenters. The lowest BCUT2D eigenvalue weighted by molar-refractivity contribution is 0.317. The number of rotatable bonds is 2. The van der Waals surface area contributed by atoms with Gasteiger partial charge in [-0.25, -0.2) is 0 Å². The zero-order valence-electron chi connectivity index (χ0n) is 7.71. The highest BCUT2D eigenvalue weighted by Crippen LogP contribution is 2.23. The molecule has 6 nitrogen and oxygen atoms in total. The van der Waals surface area contributed by atoms with Gasteiger partial charge in [0.25, 0.3) is 0 Å². The number of nitrogens with two attached hydrogens (primary N) is 1. The van der Waals surface area contributed by atoms with E-state index in [0.29, 0.717) is 16.7 Å². The summed E-state index contributed by atoms with van der Waals surface area (Å²) in [6, 6.07) is 4.63. The zero-order chi connectivity index (χ0) is 10.8. The van der Waals surface area contributed by atoms with E-state index in [1.807, 2.05) is 0 Å². The summed E-state index contributed by atoms with van der Waals surface area (Å²) in [5, 5.41) is 25.0. The molecule has 1 heterocycles. The van der Waals surface area contributed by atoms with Gasteiger partial charge < -0.3 is 20.6 Å². The summed E-state index contributed by atoms with van der Waals surface area (Å²) >= 11 is 0. The van der Waals surface area contributed by atoms with Gasteiger partial charge in [0.05, 0.1) is 12.1 Å². The second-order valence-corrected chi connectivity index (χ2v) is 3.08. The van der Waals surface area contributed by atoms with Crippen molar-refractivity contribution in [1.82, 2.24) is 5.16 Å². The Kier molecular flexibility index (Phi) is 2.17. The van der Waals surface area contributed by atoms with Crippen molar-refractivity contribution in [2.45, 2.75) is 6.42 Å². The van der Waals surface area contributed by atoms with Crippen LogP contribution in [0, 0.1) is 0 Å². The van der Waals surface area contributed by atoms with Gasteiger partial charge in [0.2, 0.25) is 0 Å². The summed E-state index contributed by atoms with van der Waals surface area (Å²) in [6.07, 6.45) is 0.174. The summed E-state index contributed by atoms with van der Waals surface area (Å²) < 4.78 is 5.00. The van der Waals surface area contributed by atoms with Gasteiger partial charge in [0, 0.05) is 5.39 Å². The predicted octanol–water partition coefficient (Wildman–Crippen LogP) is 0.822. The zero-order valence-corrected chi connectivity index (χ0v) is 7.71. The Bertz CT molecular complexity index is 518. The SMILES string of the molecule is NC(Cc1noc2ccc(O)cc12)=NO. The maximum Gasteiger partial charge on any atom is 0.167 e. The Labute approximate surface area is 84.6 Å². The van der Waals surface area contributed by atoms with E-state index in [2.05, 4.69) is 10.3 Å². The molecule has 0 amide bonds. The number of hydrogen-bond acceptors (Lipinski definition) is 5. The molecule has 0 saturated carbocycles. The predicted molar refractivity (Wildman–Crippen MR) is 52.8 cm³/mol. The lowest BCUT2D eigenvalue weighted by Crippen LogP contribution is -2.14. The summed E-state index contributed by atoms with van der Waals surface area (Å²) in [6.45, 7) is 0. The Balaban J connectivity index is 2.48. The lowest BCUT2D eigenvalue weighted by Gasteiger charge is -1.94. The number of nitrogens with zero attached hydrogens (tertiary/aromatic N) is 2. The maximum atomic E-state index is 9.28. The van der Waals surface area contributed by atoms with Crippen molar-refractivity contribution in [1.29, 1.82) is 0 Å². The average Bonchev–Trinajstić information content (AvgIpc) is 2.61. The monoisotopic (exact) mass is 207 g/mol. The van der Waals surface area contributed by atoms with Gasteiger partial charge in [-0.05, 0) is 18.2 Å². The van der Waals surface area contributed by atoms with E-state index in [-0.39, 0.29) is 18.0 Å². The smallest absolute Gasteiger partial charge is 0.167 e. The minimum absolute atomic E-state index is 0.0357. The Morgan fingerprint density at radius 2 is 2.33 bits per heavy atom. The number of benzene rings is 1. The number of phenols is 1. The van der Waals surface area contributed by atoms with Crippen LogP contribution in [0.1, 0.15) is 5.69 Å². The summed E-state index contributed by atoms with van der Waals surface area (Å²) in [5.74, 6) is 0.153. The van der Waals surface area contributed by atoms with Gasteiger partial charge in [-0.1, -0.05) is 10.3 Å². The minimum Gasteiger partial charge on any atom is -0.508 e. The molecule has 1 aromatic heterocycles. The molecule has 15 heavy (non-hydrogen) atoms. The van der Waals surface area contributed by atoms with Crippen molar-refractivity contribution in [2.75, 3.05) is 0 Å². The summed E-state index contributed by atoms with van der Waals surface area (Å²) in [4.78, 5) is 0. The maximum absolute atomic E-state index is 9.28. The number of aromatic nitrogens is 1. The van der Waals surface area contributed by atoms with Gasteiger partial charge in [-0.2, -0.15) is 0 Å². The van der Waals surface area contributed by atoms with Gasteiger partial charge in [0.15, 0.2) is 5.58 Å². The largest absolute Gasteiger partial charge is 0.508 e. The second kappa shape index (κ2) is 3.49. The highest BCUT2D eigenvalue weighted by atomic mass is 16.5. The first-order valence-corrected chi connectivity index (χ1v) is 4.24. The molecule has 0 spiro atoms. The molecule has 0 bridgehead atoms. The Hall–Kier alpha value is -2.24. The fraction of sp³-hybridized carbons (Fsp3) is 0.111. The average molecular weight is 207 g/mol. The van der Waals surface area contributed by atoms with E-state index in [0.717, 1.165) is 0 Å². The van der Waals surface area contributed by atoms with Crippen molar-refractivity contribution >= 4 is 16.8 Å². The number of aromatic hydroxyl groups is 1. The number of fused-ring (bicyclic) bond motifs is 1. The van der Waals surface area contributed by atoms with E-state index < -0.39 is 0 Å².